The van der Waals surface area contributed by atoms with Crippen molar-refractivity contribution in [2.45, 2.75) is 25.7 Å². The SMILES string of the molecule is CNc1cc([C@@H]2CCCN(c3ccnc(C)n3)C2)ccn1. The van der Waals surface area contributed by atoms with Gasteiger partial charge < -0.3 is 10.2 Å². The molecule has 0 unspecified atom stereocenters. The van der Waals surface area contributed by atoms with Crippen LogP contribution in [0.2, 0.25) is 0 Å². The van der Waals surface area contributed by atoms with E-state index in [1.54, 1.807) is 0 Å². The van der Waals surface area contributed by atoms with Crippen LogP contribution in [0.5, 0.6) is 0 Å². The summed E-state index contributed by atoms with van der Waals surface area (Å²) in [6, 6.07) is 6.28. The highest BCUT2D eigenvalue weighted by Crippen LogP contribution is 2.29. The monoisotopic (exact) mass is 283 g/mol. The Bertz CT molecular complexity index is 613. The molecule has 0 amide bonds. The zero-order valence-corrected chi connectivity index (χ0v) is 12.6. The van der Waals surface area contributed by atoms with Gasteiger partial charge in [-0.25, -0.2) is 15.0 Å². The maximum Gasteiger partial charge on any atom is 0.132 e. The van der Waals surface area contributed by atoms with E-state index in [0.29, 0.717) is 5.92 Å². The van der Waals surface area contributed by atoms with Gasteiger partial charge in [0.1, 0.15) is 17.5 Å². The highest BCUT2D eigenvalue weighted by Gasteiger charge is 2.22. The third-order valence-corrected chi connectivity index (χ3v) is 4.02. The molecule has 21 heavy (non-hydrogen) atoms. The summed E-state index contributed by atoms with van der Waals surface area (Å²) in [5.74, 6) is 3.33. The average molecular weight is 283 g/mol. The van der Waals surface area contributed by atoms with Gasteiger partial charge in [0.05, 0.1) is 0 Å². The van der Waals surface area contributed by atoms with Gasteiger partial charge in [-0.3, -0.25) is 0 Å². The molecule has 1 atom stereocenters. The molecule has 0 saturated carbocycles. The molecule has 1 aliphatic heterocycles. The van der Waals surface area contributed by atoms with E-state index in [-0.39, 0.29) is 0 Å². The molecule has 5 nitrogen and oxygen atoms in total. The molecule has 0 spiro atoms. The Kier molecular flexibility index (Phi) is 3.99. The van der Waals surface area contributed by atoms with E-state index in [9.17, 15) is 0 Å². The molecule has 0 radical (unpaired) electrons. The Hall–Kier alpha value is -2.17. The number of nitrogens with one attached hydrogen (secondary N) is 1. The van der Waals surface area contributed by atoms with Crippen LogP contribution in [-0.4, -0.2) is 35.1 Å². The molecular formula is C16H21N5. The lowest BCUT2D eigenvalue weighted by Crippen LogP contribution is -2.35. The number of pyridine rings is 1. The van der Waals surface area contributed by atoms with E-state index >= 15 is 0 Å². The van der Waals surface area contributed by atoms with E-state index in [0.717, 1.165) is 30.5 Å². The number of aryl methyl sites for hydroxylation is 1. The number of hydrogen-bond acceptors (Lipinski definition) is 5. The standard InChI is InChI=1S/C16H21N5/c1-12-18-8-6-16(20-12)21-9-3-4-14(11-21)13-5-7-19-15(10-13)17-2/h5-8,10,14H,3-4,9,11H2,1-2H3,(H,17,19)/t14-/m1/s1. The van der Waals surface area contributed by atoms with E-state index in [1.165, 1.54) is 18.4 Å². The van der Waals surface area contributed by atoms with Crippen molar-refractivity contribution in [2.24, 2.45) is 0 Å². The van der Waals surface area contributed by atoms with Crippen LogP contribution in [-0.2, 0) is 0 Å². The third-order valence-electron chi connectivity index (χ3n) is 4.02. The zero-order valence-electron chi connectivity index (χ0n) is 12.6. The smallest absolute Gasteiger partial charge is 0.132 e. The van der Waals surface area contributed by atoms with Crippen molar-refractivity contribution >= 4 is 11.6 Å². The number of anilines is 2. The normalized spacial score (nSPS) is 18.6. The number of piperidine rings is 1. The largest absolute Gasteiger partial charge is 0.373 e. The second kappa shape index (κ2) is 6.08. The van der Waals surface area contributed by atoms with Crippen LogP contribution in [0.3, 0.4) is 0 Å². The molecule has 3 rings (SSSR count). The Morgan fingerprint density at radius 3 is 2.90 bits per heavy atom. The third kappa shape index (κ3) is 3.12. The quantitative estimate of drug-likeness (QED) is 0.938. The molecule has 2 aromatic heterocycles. The van der Waals surface area contributed by atoms with E-state index in [4.69, 9.17) is 0 Å². The summed E-state index contributed by atoms with van der Waals surface area (Å²) in [6.45, 7) is 4.01. The van der Waals surface area contributed by atoms with Gasteiger partial charge in [0.2, 0.25) is 0 Å². The maximum absolute atomic E-state index is 4.55. The van der Waals surface area contributed by atoms with Gasteiger partial charge in [-0.1, -0.05) is 0 Å². The lowest BCUT2D eigenvalue weighted by atomic mass is 9.91. The molecule has 1 fully saturated rings. The van der Waals surface area contributed by atoms with Crippen molar-refractivity contribution < 1.29 is 0 Å². The molecule has 0 aliphatic carbocycles. The van der Waals surface area contributed by atoms with Gasteiger partial charge in [0, 0.05) is 38.4 Å². The Balaban J connectivity index is 1.79. The molecule has 3 heterocycles. The van der Waals surface area contributed by atoms with Crippen LogP contribution in [0, 0.1) is 6.92 Å². The molecule has 1 saturated heterocycles. The van der Waals surface area contributed by atoms with Crippen LogP contribution in [0.1, 0.15) is 30.1 Å². The van der Waals surface area contributed by atoms with Crippen molar-refractivity contribution in [3.8, 4) is 0 Å². The minimum atomic E-state index is 0.532. The fraction of sp³-hybridized carbons (Fsp3) is 0.438. The lowest BCUT2D eigenvalue weighted by Gasteiger charge is -2.34. The highest BCUT2D eigenvalue weighted by atomic mass is 15.2. The molecule has 0 aromatic carbocycles. The van der Waals surface area contributed by atoms with Crippen LogP contribution in [0.15, 0.2) is 30.6 Å². The van der Waals surface area contributed by atoms with Crippen molar-refractivity contribution in [3.63, 3.8) is 0 Å². The Morgan fingerprint density at radius 2 is 2.10 bits per heavy atom. The van der Waals surface area contributed by atoms with Gasteiger partial charge in [-0.05, 0) is 43.5 Å². The highest BCUT2D eigenvalue weighted by molar-refractivity contribution is 5.42. The molecule has 110 valence electrons. The molecule has 1 aliphatic rings. The summed E-state index contributed by atoms with van der Waals surface area (Å²) >= 11 is 0. The fourth-order valence-corrected chi connectivity index (χ4v) is 2.91. The summed E-state index contributed by atoms with van der Waals surface area (Å²) in [7, 11) is 1.91. The summed E-state index contributed by atoms with van der Waals surface area (Å²) in [4.78, 5) is 15.4. The minimum Gasteiger partial charge on any atom is -0.373 e. The van der Waals surface area contributed by atoms with Crippen molar-refractivity contribution in [1.82, 2.24) is 15.0 Å². The van der Waals surface area contributed by atoms with E-state index < -0.39 is 0 Å². The van der Waals surface area contributed by atoms with Crippen molar-refractivity contribution in [1.29, 1.82) is 0 Å². The second-order valence-corrected chi connectivity index (χ2v) is 5.47. The Labute approximate surface area is 125 Å². The van der Waals surface area contributed by atoms with Crippen LogP contribution >= 0.6 is 0 Å². The number of rotatable bonds is 3. The van der Waals surface area contributed by atoms with E-state index in [1.807, 2.05) is 32.4 Å². The Morgan fingerprint density at radius 1 is 1.24 bits per heavy atom. The molecule has 2 aromatic rings. The van der Waals surface area contributed by atoms with Crippen LogP contribution < -0.4 is 10.2 Å². The topological polar surface area (TPSA) is 53.9 Å². The molecular weight excluding hydrogens is 262 g/mol. The summed E-state index contributed by atoms with van der Waals surface area (Å²) in [5.41, 5.74) is 1.35. The van der Waals surface area contributed by atoms with Gasteiger partial charge in [0.25, 0.3) is 0 Å². The average Bonchev–Trinajstić information content (AvgIpc) is 2.55. The maximum atomic E-state index is 4.55. The first-order valence-corrected chi connectivity index (χ1v) is 7.44. The molecule has 1 N–H and O–H groups in total. The lowest BCUT2D eigenvalue weighted by molar-refractivity contribution is 0.506. The first-order valence-electron chi connectivity index (χ1n) is 7.44. The minimum absolute atomic E-state index is 0.532. The molecule has 5 heteroatoms. The molecule has 0 bridgehead atoms. The number of aromatic nitrogens is 3. The van der Waals surface area contributed by atoms with Crippen molar-refractivity contribution in [2.75, 3.05) is 30.4 Å². The number of hydrogen-bond donors (Lipinski definition) is 1. The van der Waals surface area contributed by atoms with Gasteiger partial charge in [-0.2, -0.15) is 0 Å². The first kappa shape index (κ1) is 13.8. The van der Waals surface area contributed by atoms with Crippen LogP contribution in [0.4, 0.5) is 11.6 Å². The van der Waals surface area contributed by atoms with Gasteiger partial charge >= 0.3 is 0 Å². The van der Waals surface area contributed by atoms with Gasteiger partial charge in [0.15, 0.2) is 0 Å². The fourth-order valence-electron chi connectivity index (χ4n) is 2.91. The van der Waals surface area contributed by atoms with E-state index in [2.05, 4.69) is 37.3 Å². The van der Waals surface area contributed by atoms with Crippen molar-refractivity contribution in [3.05, 3.63) is 42.0 Å². The van der Waals surface area contributed by atoms with Crippen LogP contribution in [0.25, 0.3) is 0 Å². The van der Waals surface area contributed by atoms with Gasteiger partial charge in [-0.15, -0.1) is 0 Å². The predicted molar refractivity (Wildman–Crippen MR) is 84.7 cm³/mol. The summed E-state index contributed by atoms with van der Waals surface area (Å²) in [5, 5.41) is 3.11. The second-order valence-electron chi connectivity index (χ2n) is 5.47. The predicted octanol–water partition coefficient (Wildman–Crippen LogP) is 2.61. The first-order chi connectivity index (χ1) is 10.3. The zero-order chi connectivity index (χ0) is 14.7. The summed E-state index contributed by atoms with van der Waals surface area (Å²) < 4.78 is 0. The number of nitrogens with zero attached hydrogens (tertiary/aromatic N) is 4. The summed E-state index contributed by atoms with van der Waals surface area (Å²) in [6.07, 6.45) is 6.13.